The van der Waals surface area contributed by atoms with Gasteiger partial charge in [0.1, 0.15) is 11.8 Å². The van der Waals surface area contributed by atoms with Crippen LogP contribution >= 0.6 is 0 Å². The number of nitrogens with zero attached hydrogens (tertiary/aromatic N) is 2. The number of aromatic nitrogens is 1. The lowest BCUT2D eigenvalue weighted by molar-refractivity contribution is 0.0682. The van der Waals surface area contributed by atoms with Crippen LogP contribution in [0.15, 0.2) is 12.3 Å². The SMILES string of the molecule is N#Cc1ccn(C2CCCC2)c1C(=O)O. The third-order valence-electron chi connectivity index (χ3n) is 2.96. The summed E-state index contributed by atoms with van der Waals surface area (Å²) in [5.74, 6) is -1.01. The van der Waals surface area contributed by atoms with Crippen LogP contribution < -0.4 is 0 Å². The molecule has 1 fully saturated rings. The zero-order valence-corrected chi connectivity index (χ0v) is 8.31. The van der Waals surface area contributed by atoms with E-state index in [1.165, 1.54) is 0 Å². The lowest BCUT2D eigenvalue weighted by Gasteiger charge is -2.13. The highest BCUT2D eigenvalue weighted by atomic mass is 16.4. The van der Waals surface area contributed by atoms with Crippen molar-refractivity contribution < 1.29 is 9.90 Å². The van der Waals surface area contributed by atoms with E-state index in [0.717, 1.165) is 25.7 Å². The van der Waals surface area contributed by atoms with Gasteiger partial charge in [0, 0.05) is 12.2 Å². The number of nitriles is 1. The molecule has 1 saturated carbocycles. The van der Waals surface area contributed by atoms with E-state index in [1.54, 1.807) is 16.8 Å². The molecule has 0 saturated heterocycles. The minimum absolute atomic E-state index is 0.143. The number of carbonyl (C=O) groups is 1. The number of carboxylic acids is 1. The molecule has 0 aromatic carbocycles. The number of carboxylic acid groups (broad SMARTS) is 1. The van der Waals surface area contributed by atoms with Gasteiger partial charge in [-0.15, -0.1) is 0 Å². The number of rotatable bonds is 2. The molecule has 0 spiro atoms. The number of hydrogen-bond acceptors (Lipinski definition) is 2. The fourth-order valence-electron chi connectivity index (χ4n) is 2.25. The molecule has 4 nitrogen and oxygen atoms in total. The normalized spacial score (nSPS) is 16.5. The standard InChI is InChI=1S/C11H12N2O2/c12-7-8-5-6-13(10(8)11(14)15)9-3-1-2-4-9/h5-6,9H,1-4H2,(H,14,15). The van der Waals surface area contributed by atoms with Crippen LogP contribution in [0.2, 0.25) is 0 Å². The fraction of sp³-hybridized carbons (Fsp3) is 0.455. The maximum Gasteiger partial charge on any atom is 0.353 e. The van der Waals surface area contributed by atoms with Crippen LogP contribution in [0.4, 0.5) is 0 Å². The molecule has 1 heterocycles. The molecule has 0 amide bonds. The quantitative estimate of drug-likeness (QED) is 0.802. The molecule has 15 heavy (non-hydrogen) atoms. The average molecular weight is 204 g/mol. The first kappa shape index (κ1) is 9.78. The van der Waals surface area contributed by atoms with Crippen LogP contribution in [0.5, 0.6) is 0 Å². The number of aromatic carboxylic acids is 1. The average Bonchev–Trinajstić information content (AvgIpc) is 2.85. The molecule has 1 aromatic heterocycles. The largest absolute Gasteiger partial charge is 0.477 e. The molecule has 0 unspecified atom stereocenters. The minimum Gasteiger partial charge on any atom is -0.477 e. The van der Waals surface area contributed by atoms with Crippen molar-refractivity contribution in [3.8, 4) is 6.07 Å². The summed E-state index contributed by atoms with van der Waals surface area (Å²) in [5.41, 5.74) is 0.402. The van der Waals surface area contributed by atoms with Crippen LogP contribution in [0.25, 0.3) is 0 Å². The van der Waals surface area contributed by atoms with Crippen molar-refractivity contribution in [2.24, 2.45) is 0 Å². The first-order valence-corrected chi connectivity index (χ1v) is 5.08. The van der Waals surface area contributed by atoms with Gasteiger partial charge in [-0.05, 0) is 18.9 Å². The molecule has 1 aliphatic rings. The van der Waals surface area contributed by atoms with E-state index in [4.69, 9.17) is 10.4 Å². The Balaban J connectivity index is 2.43. The molecule has 0 aliphatic heterocycles. The smallest absolute Gasteiger partial charge is 0.353 e. The Kier molecular flexibility index (Phi) is 2.46. The van der Waals surface area contributed by atoms with Gasteiger partial charge in [-0.2, -0.15) is 5.26 Å². The van der Waals surface area contributed by atoms with Crippen molar-refractivity contribution in [2.45, 2.75) is 31.7 Å². The summed E-state index contributed by atoms with van der Waals surface area (Å²) < 4.78 is 1.74. The van der Waals surface area contributed by atoms with Gasteiger partial charge in [-0.3, -0.25) is 0 Å². The predicted molar refractivity (Wildman–Crippen MR) is 53.6 cm³/mol. The van der Waals surface area contributed by atoms with Crippen LogP contribution in [0, 0.1) is 11.3 Å². The summed E-state index contributed by atoms with van der Waals surface area (Å²) in [6.07, 6.45) is 6.03. The Morgan fingerprint density at radius 2 is 2.20 bits per heavy atom. The van der Waals surface area contributed by atoms with E-state index in [-0.39, 0.29) is 17.3 Å². The minimum atomic E-state index is -1.01. The number of hydrogen-bond donors (Lipinski definition) is 1. The molecule has 0 bridgehead atoms. The maximum atomic E-state index is 11.0. The van der Waals surface area contributed by atoms with E-state index >= 15 is 0 Å². The lowest BCUT2D eigenvalue weighted by atomic mass is 10.2. The van der Waals surface area contributed by atoms with Crippen molar-refractivity contribution in [3.05, 3.63) is 23.5 Å². The van der Waals surface area contributed by atoms with Crippen LogP contribution in [-0.2, 0) is 0 Å². The highest BCUT2D eigenvalue weighted by Gasteiger charge is 2.23. The maximum absolute atomic E-state index is 11.0. The van der Waals surface area contributed by atoms with Crippen molar-refractivity contribution in [3.63, 3.8) is 0 Å². The Morgan fingerprint density at radius 3 is 2.73 bits per heavy atom. The molecule has 78 valence electrons. The Bertz CT molecular complexity index is 422. The summed E-state index contributed by atoms with van der Waals surface area (Å²) in [6.45, 7) is 0. The van der Waals surface area contributed by atoms with E-state index in [0.29, 0.717) is 0 Å². The van der Waals surface area contributed by atoms with E-state index in [2.05, 4.69) is 0 Å². The molecule has 0 atom stereocenters. The van der Waals surface area contributed by atoms with Crippen LogP contribution in [-0.4, -0.2) is 15.6 Å². The first-order valence-electron chi connectivity index (χ1n) is 5.08. The van der Waals surface area contributed by atoms with Gasteiger partial charge in [0.05, 0.1) is 5.56 Å². The van der Waals surface area contributed by atoms with Crippen LogP contribution in [0.1, 0.15) is 47.8 Å². The molecule has 1 N–H and O–H groups in total. The van der Waals surface area contributed by atoms with E-state index in [1.807, 2.05) is 6.07 Å². The second kappa shape index (κ2) is 3.77. The lowest BCUT2D eigenvalue weighted by Crippen LogP contribution is -2.13. The van der Waals surface area contributed by atoms with Gasteiger partial charge in [0.15, 0.2) is 0 Å². The van der Waals surface area contributed by atoms with Crippen molar-refractivity contribution >= 4 is 5.97 Å². The zero-order valence-electron chi connectivity index (χ0n) is 8.31. The van der Waals surface area contributed by atoms with E-state index < -0.39 is 5.97 Å². The second-order valence-corrected chi connectivity index (χ2v) is 3.84. The predicted octanol–water partition coefficient (Wildman–Crippen LogP) is 2.17. The molecule has 2 rings (SSSR count). The van der Waals surface area contributed by atoms with Crippen LogP contribution in [0.3, 0.4) is 0 Å². The third kappa shape index (κ3) is 1.61. The summed E-state index contributed by atoms with van der Waals surface area (Å²) in [7, 11) is 0. The van der Waals surface area contributed by atoms with Gasteiger partial charge in [0.25, 0.3) is 0 Å². The van der Waals surface area contributed by atoms with Gasteiger partial charge < -0.3 is 9.67 Å². The van der Waals surface area contributed by atoms with Crippen molar-refractivity contribution in [1.82, 2.24) is 4.57 Å². The molecular weight excluding hydrogens is 192 g/mol. The fourth-order valence-corrected chi connectivity index (χ4v) is 2.25. The summed E-state index contributed by atoms with van der Waals surface area (Å²) >= 11 is 0. The summed E-state index contributed by atoms with van der Waals surface area (Å²) in [5, 5.41) is 17.9. The summed E-state index contributed by atoms with van der Waals surface area (Å²) in [6, 6.07) is 3.77. The van der Waals surface area contributed by atoms with Gasteiger partial charge in [-0.1, -0.05) is 12.8 Å². The molecule has 1 aliphatic carbocycles. The second-order valence-electron chi connectivity index (χ2n) is 3.84. The molecular formula is C11H12N2O2. The Morgan fingerprint density at radius 1 is 1.53 bits per heavy atom. The Labute approximate surface area is 87.7 Å². The van der Waals surface area contributed by atoms with Gasteiger partial charge in [-0.25, -0.2) is 4.79 Å². The molecule has 4 heteroatoms. The van der Waals surface area contributed by atoms with E-state index in [9.17, 15) is 4.79 Å². The van der Waals surface area contributed by atoms with Crippen molar-refractivity contribution in [1.29, 1.82) is 5.26 Å². The molecule has 0 radical (unpaired) electrons. The topological polar surface area (TPSA) is 66.0 Å². The zero-order chi connectivity index (χ0) is 10.8. The Hall–Kier alpha value is -1.76. The first-order chi connectivity index (χ1) is 7.24. The highest BCUT2D eigenvalue weighted by Crippen LogP contribution is 2.31. The summed E-state index contributed by atoms with van der Waals surface area (Å²) in [4.78, 5) is 11.0. The van der Waals surface area contributed by atoms with Crippen molar-refractivity contribution in [2.75, 3.05) is 0 Å². The molecule has 1 aromatic rings. The monoisotopic (exact) mass is 204 g/mol. The van der Waals surface area contributed by atoms with Gasteiger partial charge >= 0.3 is 5.97 Å². The highest BCUT2D eigenvalue weighted by molar-refractivity contribution is 5.89. The van der Waals surface area contributed by atoms with Gasteiger partial charge in [0.2, 0.25) is 0 Å². The third-order valence-corrected chi connectivity index (χ3v) is 2.96.